The molecule has 1 atom stereocenters. The number of amides is 1. The number of aryl methyl sites for hydroxylation is 2. The molecule has 0 unspecified atom stereocenters. The Bertz CT molecular complexity index is 547. The molecule has 0 radical (unpaired) electrons. The van der Waals surface area contributed by atoms with Crippen molar-refractivity contribution in [2.24, 2.45) is 0 Å². The number of hydrogen-bond donors (Lipinski definition) is 1. The molecule has 0 aromatic carbocycles. The van der Waals surface area contributed by atoms with E-state index in [2.05, 4.69) is 4.98 Å². The fraction of sp³-hybridized carbons (Fsp3) is 0.750. The van der Waals surface area contributed by atoms with Crippen LogP contribution in [0.3, 0.4) is 0 Å². The predicted molar refractivity (Wildman–Crippen MR) is 81.2 cm³/mol. The second-order valence-corrected chi connectivity index (χ2v) is 6.62. The number of ether oxygens (including phenoxy) is 1. The summed E-state index contributed by atoms with van der Waals surface area (Å²) in [5.41, 5.74) is -1.93. The first kappa shape index (κ1) is 15.3. The van der Waals surface area contributed by atoms with Crippen LogP contribution in [0, 0.1) is 6.92 Å². The molecule has 1 aromatic heterocycles. The molecule has 1 saturated heterocycles. The molecule has 3 rings (SSSR count). The van der Waals surface area contributed by atoms with E-state index in [4.69, 9.17) is 4.74 Å². The summed E-state index contributed by atoms with van der Waals surface area (Å²) >= 11 is 0. The molecule has 1 spiro atoms. The normalized spacial score (nSPS) is 27.4. The topological polar surface area (TPSA) is 67.6 Å². The summed E-state index contributed by atoms with van der Waals surface area (Å²) < 4.78 is 7.70. The van der Waals surface area contributed by atoms with Gasteiger partial charge in [0.2, 0.25) is 0 Å². The molecule has 1 aromatic rings. The standard InChI is InChI=1S/C16H25N3O3/c1-13-17-9-12-18(13)10-6-11-19-14(20)22-16(15(19,2)21)7-4-3-5-8-16/h9,12,21H,3-8,10-11H2,1-2H3/t15-/m0/s1. The second-order valence-electron chi connectivity index (χ2n) is 6.62. The van der Waals surface area contributed by atoms with Gasteiger partial charge in [0, 0.05) is 25.5 Å². The van der Waals surface area contributed by atoms with Crippen LogP contribution < -0.4 is 0 Å². The summed E-state index contributed by atoms with van der Waals surface area (Å²) in [6.07, 6.45) is 8.75. The Morgan fingerprint density at radius 3 is 2.68 bits per heavy atom. The lowest BCUT2D eigenvalue weighted by Gasteiger charge is -2.42. The molecule has 6 nitrogen and oxygen atoms in total. The first-order chi connectivity index (χ1) is 10.5. The van der Waals surface area contributed by atoms with Gasteiger partial charge in [-0.1, -0.05) is 6.42 Å². The van der Waals surface area contributed by atoms with Crippen LogP contribution in [0.2, 0.25) is 0 Å². The van der Waals surface area contributed by atoms with Gasteiger partial charge in [-0.3, -0.25) is 4.90 Å². The van der Waals surface area contributed by atoms with Gasteiger partial charge in [-0.15, -0.1) is 0 Å². The van der Waals surface area contributed by atoms with Crippen LogP contribution in [0.4, 0.5) is 4.79 Å². The third-order valence-electron chi connectivity index (χ3n) is 5.26. The Kier molecular flexibility index (Phi) is 3.89. The number of rotatable bonds is 4. The SMILES string of the molecule is Cc1nccn1CCCN1C(=O)OC2(CCCCC2)[C@]1(C)O. The van der Waals surface area contributed by atoms with E-state index in [0.717, 1.165) is 50.9 Å². The van der Waals surface area contributed by atoms with Crippen molar-refractivity contribution in [1.29, 1.82) is 0 Å². The maximum atomic E-state index is 12.2. The fourth-order valence-electron chi connectivity index (χ4n) is 3.79. The molecular formula is C16H25N3O3. The van der Waals surface area contributed by atoms with E-state index in [1.54, 1.807) is 13.1 Å². The van der Waals surface area contributed by atoms with E-state index < -0.39 is 11.3 Å². The van der Waals surface area contributed by atoms with Crippen LogP contribution in [-0.4, -0.2) is 43.5 Å². The molecular weight excluding hydrogens is 282 g/mol. The van der Waals surface area contributed by atoms with Gasteiger partial charge >= 0.3 is 6.09 Å². The lowest BCUT2D eigenvalue weighted by molar-refractivity contribution is -0.158. The smallest absolute Gasteiger partial charge is 0.412 e. The predicted octanol–water partition coefficient (Wildman–Crippen LogP) is 2.45. The summed E-state index contributed by atoms with van der Waals surface area (Å²) in [5, 5.41) is 11.0. The maximum absolute atomic E-state index is 12.2. The molecule has 1 saturated carbocycles. The average Bonchev–Trinajstić information content (AvgIpc) is 2.95. The molecule has 2 heterocycles. The highest BCUT2D eigenvalue weighted by atomic mass is 16.6. The highest BCUT2D eigenvalue weighted by Gasteiger charge is 2.61. The summed E-state index contributed by atoms with van der Waals surface area (Å²) in [7, 11) is 0. The summed E-state index contributed by atoms with van der Waals surface area (Å²) in [6.45, 7) is 4.95. The Balaban J connectivity index is 1.65. The van der Waals surface area contributed by atoms with Crippen molar-refractivity contribution >= 4 is 6.09 Å². The van der Waals surface area contributed by atoms with Gasteiger partial charge in [0.1, 0.15) is 5.82 Å². The van der Waals surface area contributed by atoms with Crippen molar-refractivity contribution < 1.29 is 14.6 Å². The van der Waals surface area contributed by atoms with Crippen LogP contribution in [0.5, 0.6) is 0 Å². The van der Waals surface area contributed by atoms with E-state index in [0.29, 0.717) is 6.54 Å². The zero-order valence-corrected chi connectivity index (χ0v) is 13.4. The van der Waals surface area contributed by atoms with Crippen molar-refractivity contribution in [2.45, 2.75) is 70.2 Å². The van der Waals surface area contributed by atoms with Gasteiger partial charge in [0.05, 0.1) is 0 Å². The van der Waals surface area contributed by atoms with Crippen molar-refractivity contribution in [1.82, 2.24) is 14.5 Å². The summed E-state index contributed by atoms with van der Waals surface area (Å²) in [6, 6.07) is 0. The van der Waals surface area contributed by atoms with Crippen molar-refractivity contribution in [3.8, 4) is 0 Å². The summed E-state index contributed by atoms with van der Waals surface area (Å²) in [4.78, 5) is 17.9. The molecule has 1 aliphatic heterocycles. The Hall–Kier alpha value is -1.56. The first-order valence-corrected chi connectivity index (χ1v) is 8.17. The Morgan fingerprint density at radius 2 is 2.05 bits per heavy atom. The van der Waals surface area contributed by atoms with Crippen LogP contribution in [0.1, 0.15) is 51.3 Å². The largest absolute Gasteiger partial charge is 0.438 e. The van der Waals surface area contributed by atoms with Gasteiger partial charge in [-0.05, 0) is 46.0 Å². The van der Waals surface area contributed by atoms with Gasteiger partial charge in [0.15, 0.2) is 11.3 Å². The van der Waals surface area contributed by atoms with Crippen LogP contribution >= 0.6 is 0 Å². The highest BCUT2D eigenvalue weighted by Crippen LogP contribution is 2.46. The number of aromatic nitrogens is 2. The highest BCUT2D eigenvalue weighted by molar-refractivity contribution is 5.72. The quantitative estimate of drug-likeness (QED) is 0.927. The fourth-order valence-corrected chi connectivity index (χ4v) is 3.79. The van der Waals surface area contributed by atoms with Gasteiger partial charge in [-0.25, -0.2) is 9.78 Å². The number of carbonyl (C=O) groups excluding carboxylic acids is 1. The van der Waals surface area contributed by atoms with E-state index in [1.165, 1.54) is 4.90 Å². The number of carbonyl (C=O) groups is 1. The third kappa shape index (κ3) is 2.39. The minimum atomic E-state index is -1.21. The van der Waals surface area contributed by atoms with E-state index in [9.17, 15) is 9.90 Å². The minimum absolute atomic E-state index is 0.380. The van der Waals surface area contributed by atoms with Crippen LogP contribution in [0.25, 0.3) is 0 Å². The van der Waals surface area contributed by atoms with E-state index in [1.807, 2.05) is 17.7 Å². The third-order valence-corrected chi connectivity index (χ3v) is 5.26. The molecule has 1 N–H and O–H groups in total. The molecule has 2 aliphatic rings. The zero-order chi connectivity index (χ0) is 15.8. The van der Waals surface area contributed by atoms with E-state index >= 15 is 0 Å². The molecule has 122 valence electrons. The van der Waals surface area contributed by atoms with Crippen molar-refractivity contribution in [2.75, 3.05) is 6.54 Å². The monoisotopic (exact) mass is 307 g/mol. The molecule has 0 bridgehead atoms. The first-order valence-electron chi connectivity index (χ1n) is 8.17. The van der Waals surface area contributed by atoms with Gasteiger partial charge in [-0.2, -0.15) is 0 Å². The lowest BCUT2D eigenvalue weighted by atomic mass is 9.77. The lowest BCUT2D eigenvalue weighted by Crippen LogP contribution is -2.57. The number of aliphatic hydroxyl groups is 1. The van der Waals surface area contributed by atoms with Gasteiger partial charge in [0.25, 0.3) is 0 Å². The molecule has 1 aliphatic carbocycles. The zero-order valence-electron chi connectivity index (χ0n) is 13.4. The maximum Gasteiger partial charge on any atom is 0.412 e. The van der Waals surface area contributed by atoms with Crippen LogP contribution in [-0.2, 0) is 11.3 Å². The summed E-state index contributed by atoms with van der Waals surface area (Å²) in [5.74, 6) is 0.958. The van der Waals surface area contributed by atoms with Crippen LogP contribution in [0.15, 0.2) is 12.4 Å². The van der Waals surface area contributed by atoms with Crippen molar-refractivity contribution in [3.63, 3.8) is 0 Å². The van der Waals surface area contributed by atoms with Crippen molar-refractivity contribution in [3.05, 3.63) is 18.2 Å². The van der Waals surface area contributed by atoms with Gasteiger partial charge < -0.3 is 14.4 Å². The molecule has 6 heteroatoms. The molecule has 1 amide bonds. The minimum Gasteiger partial charge on any atom is -0.438 e. The Morgan fingerprint density at radius 1 is 1.32 bits per heavy atom. The number of nitrogens with zero attached hydrogens (tertiary/aromatic N) is 3. The number of hydrogen-bond acceptors (Lipinski definition) is 4. The molecule has 22 heavy (non-hydrogen) atoms. The average molecular weight is 307 g/mol. The number of imidazole rings is 1. The van der Waals surface area contributed by atoms with E-state index in [-0.39, 0.29) is 6.09 Å². The molecule has 2 fully saturated rings. The second kappa shape index (κ2) is 5.57. The Labute approximate surface area is 131 Å².